The largest absolute Gasteiger partial charge is 0.543 e. The van der Waals surface area contributed by atoms with Gasteiger partial charge < -0.3 is 9.16 Å². The molecule has 1 aromatic carbocycles. The molecule has 0 N–H and O–H groups in total. The molecule has 0 atom stereocenters. The highest BCUT2D eigenvalue weighted by atomic mass is 28.4. The number of hydrogen-bond donors (Lipinski definition) is 0. The predicted octanol–water partition coefficient (Wildman–Crippen LogP) is 7.44. The van der Waals surface area contributed by atoms with Crippen LogP contribution in [0.1, 0.15) is 61.0 Å². The third kappa shape index (κ3) is 5.07. The molecule has 0 radical (unpaired) electrons. The van der Waals surface area contributed by atoms with E-state index in [1.165, 1.54) is 5.57 Å². The zero-order valence-electron chi connectivity index (χ0n) is 19.0. The van der Waals surface area contributed by atoms with Gasteiger partial charge >= 0.3 is 0 Å². The lowest BCUT2D eigenvalue weighted by Gasteiger charge is -2.36. The topological polar surface area (TPSA) is 18.5 Å². The average Bonchev–Trinajstić information content (AvgIpc) is 2.78. The van der Waals surface area contributed by atoms with Crippen molar-refractivity contribution < 1.29 is 9.16 Å². The van der Waals surface area contributed by atoms with E-state index in [9.17, 15) is 0 Å². The quantitative estimate of drug-likeness (QED) is 0.500. The molecule has 0 aliphatic carbocycles. The first-order valence-corrected chi connectivity index (χ1v) is 12.9. The van der Waals surface area contributed by atoms with Crippen molar-refractivity contribution in [1.82, 2.24) is 0 Å². The molecular weight excluding hydrogens is 348 g/mol. The van der Waals surface area contributed by atoms with Crippen molar-refractivity contribution in [3.05, 3.63) is 47.2 Å². The number of hydrogen-bond acceptors (Lipinski definition) is 2. The van der Waals surface area contributed by atoms with E-state index in [2.05, 4.69) is 105 Å². The number of benzene rings is 1. The molecule has 2 rings (SSSR count). The van der Waals surface area contributed by atoms with E-state index in [0.717, 1.165) is 23.7 Å². The van der Waals surface area contributed by atoms with Gasteiger partial charge in [-0.25, -0.2) is 0 Å². The van der Waals surface area contributed by atoms with Gasteiger partial charge in [-0.1, -0.05) is 73.6 Å². The molecule has 0 amide bonds. The fourth-order valence-corrected chi connectivity index (χ4v) is 4.58. The Balaban J connectivity index is 2.29. The summed E-state index contributed by atoms with van der Waals surface area (Å²) in [5.74, 6) is 1.98. The summed E-state index contributed by atoms with van der Waals surface area (Å²) in [5, 5.41) is 0.189. The van der Waals surface area contributed by atoms with Crippen molar-refractivity contribution in [3.8, 4) is 5.75 Å². The van der Waals surface area contributed by atoms with E-state index in [0.29, 0.717) is 0 Å². The van der Waals surface area contributed by atoms with Crippen LogP contribution >= 0.6 is 0 Å². The molecule has 2 nitrogen and oxygen atoms in total. The van der Waals surface area contributed by atoms with Crippen LogP contribution in [0.25, 0.3) is 6.08 Å². The maximum atomic E-state index is 6.45. The maximum Gasteiger partial charge on any atom is 0.250 e. The van der Waals surface area contributed by atoms with E-state index in [1.807, 2.05) is 0 Å². The summed E-state index contributed by atoms with van der Waals surface area (Å²) < 4.78 is 12.5. The van der Waals surface area contributed by atoms with E-state index in [1.54, 1.807) is 0 Å². The van der Waals surface area contributed by atoms with E-state index in [4.69, 9.17) is 9.16 Å². The van der Waals surface area contributed by atoms with Crippen LogP contribution in [-0.2, 0) is 4.74 Å². The van der Waals surface area contributed by atoms with E-state index < -0.39 is 8.32 Å². The maximum absolute atomic E-state index is 6.45. The number of rotatable bonds is 4. The van der Waals surface area contributed by atoms with Gasteiger partial charge in [-0.3, -0.25) is 0 Å². The standard InChI is InChI=1S/C24H38O2Si/c1-22(2,3)21-20(25-17-24(21,7)8)15-14-18-12-11-13-19(16-18)26-27(9,10)23(4,5)6/h11-16H,17H2,1-10H3/b15-14+. The molecule has 0 unspecified atom stereocenters. The number of allylic oxidation sites excluding steroid dienone is 1. The lowest BCUT2D eigenvalue weighted by Crippen LogP contribution is -2.43. The zero-order valence-corrected chi connectivity index (χ0v) is 20.0. The van der Waals surface area contributed by atoms with Crippen LogP contribution in [-0.4, -0.2) is 14.9 Å². The second-order valence-corrected chi connectivity index (χ2v) is 15.7. The normalized spacial score (nSPS) is 18.1. The summed E-state index contributed by atoms with van der Waals surface area (Å²) in [5.41, 5.74) is 2.69. The molecule has 1 aliphatic rings. The third-order valence-corrected chi connectivity index (χ3v) is 10.1. The average molecular weight is 387 g/mol. The minimum Gasteiger partial charge on any atom is -0.543 e. The summed E-state index contributed by atoms with van der Waals surface area (Å²) in [7, 11) is -1.83. The summed E-state index contributed by atoms with van der Waals surface area (Å²) in [4.78, 5) is 0. The van der Waals surface area contributed by atoms with Crippen molar-refractivity contribution in [3.63, 3.8) is 0 Å². The monoisotopic (exact) mass is 386 g/mol. The van der Waals surface area contributed by atoms with Gasteiger partial charge in [-0.15, -0.1) is 0 Å². The lowest BCUT2D eigenvalue weighted by molar-refractivity contribution is 0.188. The van der Waals surface area contributed by atoms with Crippen LogP contribution in [0.5, 0.6) is 5.75 Å². The molecule has 0 fully saturated rings. The van der Waals surface area contributed by atoms with Gasteiger partial charge in [0.05, 0.1) is 6.61 Å². The Labute approximate surface area is 167 Å². The SMILES string of the molecule is CC(C)(C)C1=C(/C=C/c2cccc(O[Si](C)(C)C(C)(C)C)c2)OCC1(C)C. The first kappa shape index (κ1) is 21.8. The van der Waals surface area contributed by atoms with Crippen LogP contribution in [0.3, 0.4) is 0 Å². The van der Waals surface area contributed by atoms with Crippen molar-refractivity contribution in [2.75, 3.05) is 6.61 Å². The molecule has 3 heteroatoms. The molecule has 1 heterocycles. The summed E-state index contributed by atoms with van der Waals surface area (Å²) in [6.07, 6.45) is 4.27. The first-order chi connectivity index (χ1) is 12.1. The van der Waals surface area contributed by atoms with Crippen molar-refractivity contribution in [2.24, 2.45) is 10.8 Å². The Morgan fingerprint density at radius 3 is 2.22 bits per heavy atom. The Morgan fingerprint density at radius 2 is 1.67 bits per heavy atom. The predicted molar refractivity (Wildman–Crippen MR) is 120 cm³/mol. The summed E-state index contributed by atoms with van der Waals surface area (Å²) >= 11 is 0. The van der Waals surface area contributed by atoms with Crippen LogP contribution in [0.2, 0.25) is 18.1 Å². The third-order valence-electron chi connectivity index (χ3n) is 5.73. The number of ether oxygens (including phenoxy) is 1. The molecule has 0 spiro atoms. The lowest BCUT2D eigenvalue weighted by atomic mass is 9.72. The van der Waals surface area contributed by atoms with Crippen molar-refractivity contribution in [2.45, 2.75) is 73.5 Å². The van der Waals surface area contributed by atoms with Crippen molar-refractivity contribution in [1.29, 1.82) is 0 Å². The minimum absolute atomic E-state index is 0.0746. The van der Waals surface area contributed by atoms with Gasteiger partial charge in [-0.2, -0.15) is 0 Å². The molecule has 0 aromatic heterocycles. The van der Waals surface area contributed by atoms with Gasteiger partial charge in [-0.05, 0) is 52.9 Å². The Bertz CT molecular complexity index is 740. The van der Waals surface area contributed by atoms with Crippen LogP contribution in [0, 0.1) is 10.8 Å². The molecule has 1 aromatic rings. The molecular formula is C24H38O2Si. The van der Waals surface area contributed by atoms with E-state index in [-0.39, 0.29) is 15.9 Å². The molecule has 0 saturated carbocycles. The second-order valence-electron chi connectivity index (χ2n) is 10.9. The minimum atomic E-state index is -1.83. The Morgan fingerprint density at radius 1 is 1.04 bits per heavy atom. The van der Waals surface area contributed by atoms with Gasteiger partial charge in [0.25, 0.3) is 0 Å². The fourth-order valence-electron chi connectivity index (χ4n) is 3.55. The molecule has 27 heavy (non-hydrogen) atoms. The highest BCUT2D eigenvalue weighted by molar-refractivity contribution is 6.74. The summed E-state index contributed by atoms with van der Waals surface area (Å²) in [6.45, 7) is 23.4. The van der Waals surface area contributed by atoms with Crippen LogP contribution < -0.4 is 4.43 Å². The molecule has 150 valence electrons. The molecule has 0 bridgehead atoms. The highest BCUT2D eigenvalue weighted by Crippen LogP contribution is 2.47. The van der Waals surface area contributed by atoms with Gasteiger partial charge in [0.2, 0.25) is 8.32 Å². The highest BCUT2D eigenvalue weighted by Gasteiger charge is 2.40. The first-order valence-electron chi connectivity index (χ1n) is 9.99. The van der Waals surface area contributed by atoms with Gasteiger partial charge in [0.15, 0.2) is 0 Å². The van der Waals surface area contributed by atoms with Gasteiger partial charge in [0, 0.05) is 5.41 Å². The fraction of sp³-hybridized carbons (Fsp3) is 0.583. The molecule has 1 aliphatic heterocycles. The van der Waals surface area contributed by atoms with Crippen LogP contribution in [0.4, 0.5) is 0 Å². The Hall–Kier alpha value is -1.48. The Kier molecular flexibility index (Phi) is 5.78. The van der Waals surface area contributed by atoms with Crippen LogP contribution in [0.15, 0.2) is 41.7 Å². The zero-order chi connectivity index (χ0) is 20.7. The second kappa shape index (κ2) is 7.16. The molecule has 0 saturated heterocycles. The van der Waals surface area contributed by atoms with Gasteiger partial charge in [0.1, 0.15) is 11.5 Å². The smallest absolute Gasteiger partial charge is 0.250 e. The van der Waals surface area contributed by atoms with Crippen molar-refractivity contribution >= 4 is 14.4 Å². The summed E-state index contributed by atoms with van der Waals surface area (Å²) in [6, 6.07) is 8.38. The van der Waals surface area contributed by atoms with E-state index >= 15 is 0 Å².